The SMILES string of the molecule is CCCC(C)CC(O)c1occc1C. The lowest BCUT2D eigenvalue weighted by Crippen LogP contribution is -2.04. The van der Waals surface area contributed by atoms with Crippen molar-refractivity contribution in [3.8, 4) is 0 Å². The summed E-state index contributed by atoms with van der Waals surface area (Å²) in [6, 6.07) is 1.89. The van der Waals surface area contributed by atoms with Crippen LogP contribution in [0.3, 0.4) is 0 Å². The van der Waals surface area contributed by atoms with E-state index in [2.05, 4.69) is 13.8 Å². The van der Waals surface area contributed by atoms with Crippen molar-refractivity contribution in [3.05, 3.63) is 23.7 Å². The Kier molecular flexibility index (Phi) is 4.21. The van der Waals surface area contributed by atoms with Crippen molar-refractivity contribution >= 4 is 0 Å². The Balaban J connectivity index is 2.50. The van der Waals surface area contributed by atoms with E-state index in [1.807, 2.05) is 13.0 Å². The van der Waals surface area contributed by atoms with Crippen LogP contribution in [-0.2, 0) is 0 Å². The van der Waals surface area contributed by atoms with Gasteiger partial charge in [0.2, 0.25) is 0 Å². The normalized spacial score (nSPS) is 15.4. The number of aliphatic hydroxyl groups is 1. The molecule has 80 valence electrons. The van der Waals surface area contributed by atoms with Gasteiger partial charge in [0.1, 0.15) is 11.9 Å². The quantitative estimate of drug-likeness (QED) is 0.782. The Labute approximate surface area is 85.9 Å². The highest BCUT2D eigenvalue weighted by Crippen LogP contribution is 2.26. The summed E-state index contributed by atoms with van der Waals surface area (Å²) in [5, 5.41) is 9.89. The van der Waals surface area contributed by atoms with Crippen LogP contribution < -0.4 is 0 Å². The molecule has 2 heteroatoms. The zero-order valence-electron chi connectivity index (χ0n) is 9.29. The first-order valence-corrected chi connectivity index (χ1v) is 5.37. The van der Waals surface area contributed by atoms with Gasteiger partial charge in [-0.2, -0.15) is 0 Å². The maximum atomic E-state index is 9.89. The molecule has 2 unspecified atom stereocenters. The molecule has 0 bridgehead atoms. The lowest BCUT2D eigenvalue weighted by molar-refractivity contribution is 0.120. The van der Waals surface area contributed by atoms with Crippen LogP contribution >= 0.6 is 0 Å². The number of hydrogen-bond acceptors (Lipinski definition) is 2. The van der Waals surface area contributed by atoms with Crippen LogP contribution in [0.15, 0.2) is 16.7 Å². The van der Waals surface area contributed by atoms with E-state index in [9.17, 15) is 5.11 Å². The van der Waals surface area contributed by atoms with E-state index in [0.717, 1.165) is 24.2 Å². The third-order valence-corrected chi connectivity index (χ3v) is 2.61. The molecule has 1 aromatic heterocycles. The summed E-state index contributed by atoms with van der Waals surface area (Å²) in [4.78, 5) is 0. The van der Waals surface area contributed by atoms with Gasteiger partial charge in [-0.25, -0.2) is 0 Å². The molecule has 0 amide bonds. The van der Waals surface area contributed by atoms with E-state index >= 15 is 0 Å². The van der Waals surface area contributed by atoms with Crippen molar-refractivity contribution in [3.63, 3.8) is 0 Å². The Bertz CT molecular complexity index is 265. The van der Waals surface area contributed by atoms with Gasteiger partial charge in [-0.05, 0) is 30.9 Å². The Morgan fingerprint density at radius 2 is 2.21 bits per heavy atom. The Morgan fingerprint density at radius 3 is 2.71 bits per heavy atom. The average Bonchev–Trinajstić information content (AvgIpc) is 2.51. The summed E-state index contributed by atoms with van der Waals surface area (Å²) >= 11 is 0. The van der Waals surface area contributed by atoms with Crippen LogP contribution in [0, 0.1) is 12.8 Å². The minimum absolute atomic E-state index is 0.438. The van der Waals surface area contributed by atoms with Gasteiger partial charge < -0.3 is 9.52 Å². The van der Waals surface area contributed by atoms with Gasteiger partial charge in [0.05, 0.1) is 6.26 Å². The molecule has 1 aromatic rings. The molecule has 1 N–H and O–H groups in total. The highest BCUT2D eigenvalue weighted by atomic mass is 16.4. The Hall–Kier alpha value is -0.760. The first-order valence-electron chi connectivity index (χ1n) is 5.37. The van der Waals surface area contributed by atoms with Gasteiger partial charge in [-0.1, -0.05) is 26.7 Å². The molecule has 1 heterocycles. The molecule has 2 nitrogen and oxygen atoms in total. The molecule has 0 saturated carbocycles. The third-order valence-electron chi connectivity index (χ3n) is 2.61. The minimum Gasteiger partial charge on any atom is -0.466 e. The van der Waals surface area contributed by atoms with E-state index in [4.69, 9.17) is 4.42 Å². The van der Waals surface area contributed by atoms with E-state index < -0.39 is 6.10 Å². The van der Waals surface area contributed by atoms with Crippen LogP contribution in [0.25, 0.3) is 0 Å². The third kappa shape index (κ3) is 2.88. The fraction of sp³-hybridized carbons (Fsp3) is 0.667. The van der Waals surface area contributed by atoms with Crippen LogP contribution in [0.4, 0.5) is 0 Å². The predicted octanol–water partition coefficient (Wildman–Crippen LogP) is 3.45. The second-order valence-electron chi connectivity index (χ2n) is 4.11. The van der Waals surface area contributed by atoms with E-state index in [-0.39, 0.29) is 0 Å². The number of furan rings is 1. The lowest BCUT2D eigenvalue weighted by Gasteiger charge is -2.14. The molecule has 0 spiro atoms. The molecule has 14 heavy (non-hydrogen) atoms. The minimum atomic E-state index is -0.438. The molecule has 0 radical (unpaired) electrons. The number of hydrogen-bond donors (Lipinski definition) is 1. The van der Waals surface area contributed by atoms with E-state index in [1.54, 1.807) is 6.26 Å². The molecular formula is C12H20O2. The van der Waals surface area contributed by atoms with Gasteiger partial charge in [0.25, 0.3) is 0 Å². The molecule has 0 aliphatic heterocycles. The number of aliphatic hydroxyl groups excluding tert-OH is 1. The van der Waals surface area contributed by atoms with E-state index in [0.29, 0.717) is 5.92 Å². The van der Waals surface area contributed by atoms with Gasteiger partial charge in [-0.3, -0.25) is 0 Å². The maximum Gasteiger partial charge on any atom is 0.135 e. The summed E-state index contributed by atoms with van der Waals surface area (Å²) in [5.74, 6) is 1.28. The molecule has 2 atom stereocenters. The van der Waals surface area contributed by atoms with Crippen LogP contribution in [0.2, 0.25) is 0 Å². The van der Waals surface area contributed by atoms with Crippen molar-refractivity contribution in [2.45, 2.75) is 46.1 Å². The van der Waals surface area contributed by atoms with Gasteiger partial charge in [0.15, 0.2) is 0 Å². The van der Waals surface area contributed by atoms with Gasteiger partial charge in [-0.15, -0.1) is 0 Å². The molecule has 0 aromatic carbocycles. The van der Waals surface area contributed by atoms with E-state index in [1.165, 1.54) is 6.42 Å². The summed E-state index contributed by atoms with van der Waals surface area (Å²) < 4.78 is 5.26. The van der Waals surface area contributed by atoms with Crippen LogP contribution in [-0.4, -0.2) is 5.11 Å². The summed E-state index contributed by atoms with van der Waals surface area (Å²) in [6.07, 6.45) is 4.33. The van der Waals surface area contributed by atoms with Gasteiger partial charge >= 0.3 is 0 Å². The highest BCUT2D eigenvalue weighted by molar-refractivity contribution is 5.16. The Morgan fingerprint density at radius 1 is 1.50 bits per heavy atom. The predicted molar refractivity (Wildman–Crippen MR) is 57.1 cm³/mol. The summed E-state index contributed by atoms with van der Waals surface area (Å²) in [6.45, 7) is 6.30. The zero-order valence-corrected chi connectivity index (χ0v) is 9.29. The monoisotopic (exact) mass is 196 g/mol. The van der Waals surface area contributed by atoms with Crippen molar-refractivity contribution in [2.24, 2.45) is 5.92 Å². The molecule has 0 saturated heterocycles. The largest absolute Gasteiger partial charge is 0.466 e. The maximum absolute atomic E-state index is 9.89. The van der Waals surface area contributed by atoms with Crippen LogP contribution in [0.1, 0.15) is 50.5 Å². The second-order valence-corrected chi connectivity index (χ2v) is 4.11. The fourth-order valence-corrected chi connectivity index (χ4v) is 1.82. The summed E-state index contributed by atoms with van der Waals surface area (Å²) in [5.41, 5.74) is 1.04. The smallest absolute Gasteiger partial charge is 0.135 e. The standard InChI is InChI=1S/C12H20O2/c1-4-5-9(2)8-11(13)12-10(3)6-7-14-12/h6-7,9,11,13H,4-5,8H2,1-3H3. The molecule has 0 aliphatic rings. The molecule has 0 fully saturated rings. The highest BCUT2D eigenvalue weighted by Gasteiger charge is 2.16. The number of rotatable bonds is 5. The first kappa shape index (κ1) is 11.3. The first-order chi connectivity index (χ1) is 6.65. The van der Waals surface area contributed by atoms with Crippen molar-refractivity contribution < 1.29 is 9.52 Å². The van der Waals surface area contributed by atoms with Crippen molar-refractivity contribution in [2.75, 3.05) is 0 Å². The molecule has 1 rings (SSSR count). The lowest BCUT2D eigenvalue weighted by atomic mass is 9.97. The molecular weight excluding hydrogens is 176 g/mol. The van der Waals surface area contributed by atoms with Gasteiger partial charge in [0, 0.05) is 0 Å². The number of aryl methyl sites for hydroxylation is 1. The van der Waals surface area contributed by atoms with Crippen molar-refractivity contribution in [1.82, 2.24) is 0 Å². The summed E-state index contributed by atoms with van der Waals surface area (Å²) in [7, 11) is 0. The topological polar surface area (TPSA) is 33.4 Å². The fourth-order valence-electron chi connectivity index (χ4n) is 1.82. The average molecular weight is 196 g/mol. The molecule has 0 aliphatic carbocycles. The second kappa shape index (κ2) is 5.20. The zero-order chi connectivity index (χ0) is 10.6. The van der Waals surface area contributed by atoms with Crippen LogP contribution in [0.5, 0.6) is 0 Å². The van der Waals surface area contributed by atoms with Crippen molar-refractivity contribution in [1.29, 1.82) is 0 Å².